The van der Waals surface area contributed by atoms with Crippen LogP contribution in [0.25, 0.3) is 5.69 Å². The second kappa shape index (κ2) is 8.22. The van der Waals surface area contributed by atoms with E-state index in [1.165, 1.54) is 0 Å². The van der Waals surface area contributed by atoms with E-state index in [2.05, 4.69) is 15.4 Å². The zero-order valence-electron chi connectivity index (χ0n) is 15.5. The van der Waals surface area contributed by atoms with Crippen molar-refractivity contribution < 1.29 is 26.3 Å². The van der Waals surface area contributed by atoms with Crippen molar-refractivity contribution in [2.75, 3.05) is 6.26 Å². The maximum absolute atomic E-state index is 13.5. The van der Waals surface area contributed by atoms with Gasteiger partial charge in [0.15, 0.2) is 17.1 Å². The van der Waals surface area contributed by atoms with Gasteiger partial charge in [-0.05, 0) is 50.1 Å². The normalized spacial score (nSPS) is 14.9. The molecule has 0 aliphatic heterocycles. The largest absolute Gasteiger partial charge is 0.435 e. The third kappa shape index (κ3) is 4.40. The SMILES string of the molecule is CSC(=Nc1cc(C(F)(F)F)ccc1-n1nc(C(F)(F)F)c2c1CCCC2)NC#N. The lowest BCUT2D eigenvalue weighted by Gasteiger charge is -2.17. The molecule has 160 valence electrons. The highest BCUT2D eigenvalue weighted by atomic mass is 32.2. The molecule has 1 aromatic heterocycles. The molecule has 3 rings (SSSR count). The van der Waals surface area contributed by atoms with Gasteiger partial charge in [-0.2, -0.15) is 36.7 Å². The molecule has 0 unspecified atom stereocenters. The van der Waals surface area contributed by atoms with Crippen LogP contribution in [-0.2, 0) is 25.2 Å². The Labute approximate surface area is 171 Å². The zero-order chi connectivity index (χ0) is 22.1. The van der Waals surface area contributed by atoms with Gasteiger partial charge >= 0.3 is 12.4 Å². The van der Waals surface area contributed by atoms with Crippen molar-refractivity contribution in [3.05, 3.63) is 40.7 Å². The Morgan fingerprint density at radius 1 is 1.17 bits per heavy atom. The van der Waals surface area contributed by atoms with Gasteiger partial charge in [0.1, 0.15) is 0 Å². The van der Waals surface area contributed by atoms with Gasteiger partial charge in [-0.3, -0.25) is 5.32 Å². The fraction of sp³-hybridized carbons (Fsp3) is 0.389. The highest BCUT2D eigenvalue weighted by molar-refractivity contribution is 8.13. The predicted octanol–water partition coefficient (Wildman–Crippen LogP) is 5.21. The Hall–Kier alpha value is -2.68. The number of fused-ring (bicyclic) bond motifs is 1. The Bertz CT molecular complexity index is 1020. The summed E-state index contributed by atoms with van der Waals surface area (Å²) in [6, 6.07) is 2.55. The first-order valence-electron chi connectivity index (χ1n) is 8.73. The van der Waals surface area contributed by atoms with Crippen LogP contribution in [0.2, 0.25) is 0 Å². The number of amidine groups is 1. The molecule has 1 aromatic carbocycles. The molecule has 1 aliphatic rings. The molecule has 0 saturated heterocycles. The van der Waals surface area contributed by atoms with E-state index in [4.69, 9.17) is 5.26 Å². The molecule has 1 aliphatic carbocycles. The molecule has 0 saturated carbocycles. The number of nitrogens with zero attached hydrogens (tertiary/aromatic N) is 4. The summed E-state index contributed by atoms with van der Waals surface area (Å²) in [5.41, 5.74) is -1.95. The van der Waals surface area contributed by atoms with E-state index >= 15 is 0 Å². The van der Waals surface area contributed by atoms with Gasteiger partial charge in [-0.1, -0.05) is 11.8 Å². The van der Waals surface area contributed by atoms with Crippen molar-refractivity contribution in [1.29, 1.82) is 5.26 Å². The number of aromatic nitrogens is 2. The number of nitriles is 1. The van der Waals surface area contributed by atoms with E-state index in [0.29, 0.717) is 25.0 Å². The fourth-order valence-corrected chi connectivity index (χ4v) is 3.61. The van der Waals surface area contributed by atoms with E-state index in [0.717, 1.165) is 34.6 Å². The summed E-state index contributed by atoms with van der Waals surface area (Å²) in [5.74, 6) is 0. The van der Waals surface area contributed by atoms with Crippen molar-refractivity contribution in [2.45, 2.75) is 38.0 Å². The van der Waals surface area contributed by atoms with Gasteiger partial charge in [0.05, 0.1) is 16.9 Å². The maximum atomic E-state index is 13.5. The molecule has 2 aromatic rings. The Morgan fingerprint density at radius 2 is 1.87 bits per heavy atom. The van der Waals surface area contributed by atoms with Crippen LogP contribution in [0.5, 0.6) is 0 Å². The van der Waals surface area contributed by atoms with Gasteiger partial charge < -0.3 is 0 Å². The number of hydrogen-bond acceptors (Lipinski definition) is 4. The molecule has 12 heteroatoms. The first-order valence-corrected chi connectivity index (χ1v) is 9.96. The first-order chi connectivity index (χ1) is 14.1. The third-order valence-corrected chi connectivity index (χ3v) is 5.14. The van der Waals surface area contributed by atoms with Crippen molar-refractivity contribution >= 4 is 22.6 Å². The molecule has 1 heterocycles. The van der Waals surface area contributed by atoms with Crippen molar-refractivity contribution in [3.63, 3.8) is 0 Å². The van der Waals surface area contributed by atoms with Crippen LogP contribution < -0.4 is 5.32 Å². The fourth-order valence-electron chi connectivity index (χ4n) is 3.28. The second-order valence-corrected chi connectivity index (χ2v) is 7.24. The second-order valence-electron chi connectivity index (χ2n) is 6.45. The summed E-state index contributed by atoms with van der Waals surface area (Å²) < 4.78 is 81.1. The van der Waals surface area contributed by atoms with E-state index in [1.54, 1.807) is 12.4 Å². The summed E-state index contributed by atoms with van der Waals surface area (Å²) in [6.45, 7) is 0. The molecule has 0 amide bonds. The average Bonchev–Trinajstić information content (AvgIpc) is 3.07. The highest BCUT2D eigenvalue weighted by Gasteiger charge is 2.40. The van der Waals surface area contributed by atoms with Gasteiger partial charge in [0, 0.05) is 11.3 Å². The average molecular weight is 447 g/mol. The number of thioether (sulfide) groups is 1. The molecule has 5 nitrogen and oxygen atoms in total. The van der Waals surface area contributed by atoms with E-state index in [9.17, 15) is 26.3 Å². The molecule has 30 heavy (non-hydrogen) atoms. The summed E-state index contributed by atoms with van der Waals surface area (Å²) >= 11 is 0.970. The van der Waals surface area contributed by atoms with Gasteiger partial charge in [-0.15, -0.1) is 0 Å². The van der Waals surface area contributed by atoms with Crippen molar-refractivity contribution in [3.8, 4) is 11.9 Å². The number of hydrogen-bond donors (Lipinski definition) is 1. The Morgan fingerprint density at radius 3 is 2.47 bits per heavy atom. The number of benzene rings is 1. The molecule has 0 fully saturated rings. The number of rotatable bonds is 2. The van der Waals surface area contributed by atoms with E-state index < -0.39 is 23.6 Å². The number of nitrogens with one attached hydrogen (secondary N) is 1. The number of alkyl halides is 6. The number of halogens is 6. The summed E-state index contributed by atoms with van der Waals surface area (Å²) in [5, 5.41) is 14.7. The van der Waals surface area contributed by atoms with Crippen LogP contribution in [0, 0.1) is 11.5 Å². The molecule has 0 bridgehead atoms. The molecule has 1 N–H and O–H groups in total. The van der Waals surface area contributed by atoms with Crippen LogP contribution >= 0.6 is 11.8 Å². The van der Waals surface area contributed by atoms with Crippen LogP contribution in [-0.4, -0.2) is 21.2 Å². The number of aliphatic imine (C=N–C) groups is 1. The van der Waals surface area contributed by atoms with Crippen LogP contribution in [0.4, 0.5) is 32.0 Å². The van der Waals surface area contributed by atoms with E-state index in [-0.39, 0.29) is 28.5 Å². The van der Waals surface area contributed by atoms with Crippen LogP contribution in [0.15, 0.2) is 23.2 Å². The van der Waals surface area contributed by atoms with Gasteiger partial charge in [0.2, 0.25) is 0 Å². The third-order valence-electron chi connectivity index (χ3n) is 4.56. The van der Waals surface area contributed by atoms with Crippen molar-refractivity contribution in [1.82, 2.24) is 15.1 Å². The summed E-state index contributed by atoms with van der Waals surface area (Å²) in [4.78, 5) is 4.04. The van der Waals surface area contributed by atoms with Crippen LogP contribution in [0.3, 0.4) is 0 Å². The molecular weight excluding hydrogens is 432 g/mol. The van der Waals surface area contributed by atoms with E-state index in [1.807, 2.05) is 0 Å². The zero-order valence-corrected chi connectivity index (χ0v) is 16.3. The minimum absolute atomic E-state index is 0.00450. The van der Waals surface area contributed by atoms with Crippen molar-refractivity contribution in [2.24, 2.45) is 4.99 Å². The highest BCUT2D eigenvalue weighted by Crippen LogP contribution is 2.40. The molecular formula is C18H15F6N5S. The lowest BCUT2D eigenvalue weighted by atomic mass is 9.95. The first kappa shape index (κ1) is 22.0. The quantitative estimate of drug-likeness (QED) is 0.226. The standard InChI is InChI=1S/C18H15F6N5S/c1-30-16(26-9-25)27-12-8-10(17(19,20)21)6-7-14(12)29-13-5-3-2-4-11(13)15(28-29)18(22,23)24/h6-8H,2-5H2,1H3,(H,26,27). The maximum Gasteiger partial charge on any atom is 0.435 e. The lowest BCUT2D eigenvalue weighted by Crippen LogP contribution is -2.14. The van der Waals surface area contributed by atoms with Gasteiger partial charge in [0.25, 0.3) is 0 Å². The summed E-state index contributed by atoms with van der Waals surface area (Å²) in [6.07, 6.45) is -4.47. The Balaban J connectivity index is 2.26. The molecule has 0 atom stereocenters. The monoisotopic (exact) mass is 447 g/mol. The smallest absolute Gasteiger partial charge is 0.271 e. The lowest BCUT2D eigenvalue weighted by molar-refractivity contribution is -0.142. The van der Waals surface area contributed by atoms with Crippen LogP contribution in [0.1, 0.15) is 35.4 Å². The predicted molar refractivity (Wildman–Crippen MR) is 99.6 cm³/mol. The molecule has 0 spiro atoms. The minimum atomic E-state index is -4.69. The minimum Gasteiger partial charge on any atom is -0.271 e. The topological polar surface area (TPSA) is 66.0 Å². The van der Waals surface area contributed by atoms with Gasteiger partial charge in [-0.25, -0.2) is 9.67 Å². The summed E-state index contributed by atoms with van der Waals surface area (Å²) in [7, 11) is 0. The molecule has 0 radical (unpaired) electrons. The Kier molecular flexibility index (Phi) is 6.03.